The molecule has 2 aromatic carbocycles. The average Bonchev–Trinajstić information content (AvgIpc) is 3.40. The zero-order valence-corrected chi connectivity index (χ0v) is 16.0. The second kappa shape index (κ2) is 6.20. The molecule has 0 N–H and O–H groups in total. The maximum atomic E-state index is 12.8. The normalized spacial score (nSPS) is 21.8. The van der Waals surface area contributed by atoms with Gasteiger partial charge in [-0.15, -0.1) is 0 Å². The first-order valence-corrected chi connectivity index (χ1v) is 10.7. The van der Waals surface area contributed by atoms with Crippen LogP contribution in [0.15, 0.2) is 75.9 Å². The SMILES string of the molecule is Cc1ccc([C@@H]2C[C@@]2(c2cc(=O)cc(-c3ccccc3)o2)S(C)(=O)=O)cc1. The first-order chi connectivity index (χ1) is 12.8. The topological polar surface area (TPSA) is 64.3 Å². The van der Waals surface area contributed by atoms with Crippen molar-refractivity contribution in [3.63, 3.8) is 0 Å². The maximum Gasteiger partial charge on any atom is 0.185 e. The van der Waals surface area contributed by atoms with Crippen molar-refractivity contribution >= 4 is 9.84 Å². The molecule has 1 aliphatic carbocycles. The predicted molar refractivity (Wildman–Crippen MR) is 105 cm³/mol. The summed E-state index contributed by atoms with van der Waals surface area (Å²) in [6, 6.07) is 19.8. The Hall–Kier alpha value is -2.66. The standard InChI is InChI=1S/C22H20O4S/c1-15-8-10-16(11-9-15)19-14-22(19,27(2,24)25)21-13-18(23)12-20(26-21)17-6-4-3-5-7-17/h3-13,19H,14H2,1-2H3/t19-,22+/m0/s1. The van der Waals surface area contributed by atoms with Crippen LogP contribution in [0.3, 0.4) is 0 Å². The van der Waals surface area contributed by atoms with Crippen molar-refractivity contribution in [3.8, 4) is 11.3 Å². The minimum absolute atomic E-state index is 0.220. The Bertz CT molecular complexity index is 1140. The summed E-state index contributed by atoms with van der Waals surface area (Å²) in [4.78, 5) is 12.3. The van der Waals surface area contributed by atoms with E-state index in [2.05, 4.69) is 0 Å². The molecule has 0 aliphatic heterocycles. The van der Waals surface area contributed by atoms with Gasteiger partial charge in [0.15, 0.2) is 15.3 Å². The minimum atomic E-state index is -3.50. The summed E-state index contributed by atoms with van der Waals surface area (Å²) >= 11 is 0. The fourth-order valence-electron chi connectivity index (χ4n) is 3.73. The molecule has 138 valence electrons. The van der Waals surface area contributed by atoms with Crippen molar-refractivity contribution in [2.75, 3.05) is 6.26 Å². The molecule has 4 nitrogen and oxygen atoms in total. The van der Waals surface area contributed by atoms with Gasteiger partial charge in [0.2, 0.25) is 0 Å². The Morgan fingerprint density at radius 3 is 2.30 bits per heavy atom. The van der Waals surface area contributed by atoms with E-state index in [-0.39, 0.29) is 17.1 Å². The summed E-state index contributed by atoms with van der Waals surface area (Å²) in [5.74, 6) is 0.389. The molecule has 5 heteroatoms. The lowest BCUT2D eigenvalue weighted by Crippen LogP contribution is -2.23. The average molecular weight is 380 g/mol. The second-order valence-electron chi connectivity index (χ2n) is 7.22. The molecule has 3 aromatic rings. The Morgan fingerprint density at radius 2 is 1.67 bits per heavy atom. The molecule has 4 rings (SSSR count). The highest BCUT2D eigenvalue weighted by molar-refractivity contribution is 7.92. The minimum Gasteiger partial charge on any atom is -0.459 e. The van der Waals surface area contributed by atoms with Crippen LogP contribution in [0.1, 0.15) is 29.2 Å². The van der Waals surface area contributed by atoms with Crippen LogP contribution in [0.5, 0.6) is 0 Å². The summed E-state index contributed by atoms with van der Waals surface area (Å²) in [6.07, 6.45) is 1.63. The van der Waals surface area contributed by atoms with Crippen molar-refractivity contribution in [1.29, 1.82) is 0 Å². The lowest BCUT2D eigenvalue weighted by molar-refractivity contribution is 0.477. The molecule has 1 aromatic heterocycles. The van der Waals surface area contributed by atoms with E-state index in [0.717, 1.165) is 16.7 Å². The Labute approximate surface area is 158 Å². The van der Waals surface area contributed by atoms with Gasteiger partial charge in [-0.3, -0.25) is 4.79 Å². The lowest BCUT2D eigenvalue weighted by Gasteiger charge is -2.16. The largest absolute Gasteiger partial charge is 0.459 e. The fraction of sp³-hybridized carbons (Fsp3) is 0.227. The Morgan fingerprint density at radius 1 is 1.00 bits per heavy atom. The summed E-state index contributed by atoms with van der Waals surface area (Å²) in [5.41, 5.74) is 2.54. The Balaban J connectivity index is 1.85. The molecule has 0 amide bonds. The van der Waals surface area contributed by atoms with Crippen molar-refractivity contribution in [2.45, 2.75) is 24.0 Å². The highest BCUT2D eigenvalue weighted by Crippen LogP contribution is 2.63. The maximum absolute atomic E-state index is 12.8. The van der Waals surface area contributed by atoms with Gasteiger partial charge in [0, 0.05) is 29.9 Å². The van der Waals surface area contributed by atoms with Crippen LogP contribution in [0, 0.1) is 6.92 Å². The van der Waals surface area contributed by atoms with E-state index in [9.17, 15) is 13.2 Å². The summed E-state index contributed by atoms with van der Waals surface area (Å²) in [5, 5.41) is 0. The monoisotopic (exact) mass is 380 g/mol. The summed E-state index contributed by atoms with van der Waals surface area (Å²) in [7, 11) is -3.50. The highest BCUT2D eigenvalue weighted by Gasteiger charge is 2.65. The third-order valence-electron chi connectivity index (χ3n) is 5.29. The van der Waals surface area contributed by atoms with E-state index in [1.54, 1.807) is 0 Å². The zero-order valence-electron chi connectivity index (χ0n) is 15.2. The molecule has 1 saturated carbocycles. The molecule has 1 heterocycles. The van der Waals surface area contributed by atoms with Gasteiger partial charge in [-0.25, -0.2) is 8.42 Å². The molecule has 0 unspecified atom stereocenters. The third kappa shape index (κ3) is 3.02. The number of rotatable bonds is 4. The lowest BCUT2D eigenvalue weighted by atomic mass is 10.1. The molecule has 0 saturated heterocycles. The predicted octanol–water partition coefficient (Wildman–Crippen LogP) is 4.04. The van der Waals surface area contributed by atoms with Crippen LogP contribution in [0.4, 0.5) is 0 Å². The molecular formula is C22H20O4S. The van der Waals surface area contributed by atoms with Crippen LogP contribution >= 0.6 is 0 Å². The van der Waals surface area contributed by atoms with Gasteiger partial charge in [-0.05, 0) is 18.9 Å². The smallest absolute Gasteiger partial charge is 0.185 e. The first-order valence-electron chi connectivity index (χ1n) is 8.78. The van der Waals surface area contributed by atoms with Gasteiger partial charge in [0.1, 0.15) is 16.3 Å². The van der Waals surface area contributed by atoms with Gasteiger partial charge in [0.25, 0.3) is 0 Å². The summed E-state index contributed by atoms with van der Waals surface area (Å²) < 4.78 is 30.3. The van der Waals surface area contributed by atoms with E-state index >= 15 is 0 Å². The molecule has 27 heavy (non-hydrogen) atoms. The van der Waals surface area contributed by atoms with Crippen LogP contribution in [-0.2, 0) is 14.6 Å². The van der Waals surface area contributed by atoms with Crippen molar-refractivity contribution in [2.24, 2.45) is 0 Å². The van der Waals surface area contributed by atoms with Crippen molar-refractivity contribution in [1.82, 2.24) is 0 Å². The number of sulfone groups is 1. The number of hydrogen-bond acceptors (Lipinski definition) is 4. The quantitative estimate of drug-likeness (QED) is 0.685. The van der Waals surface area contributed by atoms with E-state index < -0.39 is 14.6 Å². The summed E-state index contributed by atoms with van der Waals surface area (Å²) in [6.45, 7) is 1.99. The molecule has 0 radical (unpaired) electrons. The van der Waals surface area contributed by atoms with Crippen molar-refractivity contribution in [3.05, 3.63) is 93.8 Å². The first kappa shape index (κ1) is 17.7. The second-order valence-corrected chi connectivity index (χ2v) is 9.49. The van der Waals surface area contributed by atoms with Gasteiger partial charge in [0.05, 0.1) is 0 Å². The molecule has 1 aliphatic rings. The van der Waals surface area contributed by atoms with Gasteiger partial charge >= 0.3 is 0 Å². The van der Waals surface area contributed by atoms with Crippen LogP contribution in [-0.4, -0.2) is 14.7 Å². The van der Waals surface area contributed by atoms with Crippen LogP contribution in [0.2, 0.25) is 0 Å². The molecule has 0 bridgehead atoms. The number of hydrogen-bond donors (Lipinski definition) is 0. The van der Waals surface area contributed by atoms with Crippen LogP contribution in [0.25, 0.3) is 11.3 Å². The zero-order chi connectivity index (χ0) is 19.2. The Kier molecular flexibility index (Phi) is 4.07. The molecular weight excluding hydrogens is 360 g/mol. The van der Waals surface area contributed by atoms with Gasteiger partial charge in [-0.1, -0.05) is 60.2 Å². The fourth-order valence-corrected chi connectivity index (χ4v) is 5.31. The van der Waals surface area contributed by atoms with E-state index in [0.29, 0.717) is 12.2 Å². The van der Waals surface area contributed by atoms with Gasteiger partial charge < -0.3 is 4.42 Å². The molecule has 1 fully saturated rings. The highest BCUT2D eigenvalue weighted by atomic mass is 32.2. The van der Waals surface area contributed by atoms with E-state index in [1.807, 2.05) is 61.5 Å². The molecule has 2 atom stereocenters. The molecule has 0 spiro atoms. The van der Waals surface area contributed by atoms with E-state index in [1.165, 1.54) is 18.4 Å². The number of benzene rings is 2. The van der Waals surface area contributed by atoms with Crippen molar-refractivity contribution < 1.29 is 12.8 Å². The third-order valence-corrected chi connectivity index (χ3v) is 7.27. The number of aryl methyl sites for hydroxylation is 1. The van der Waals surface area contributed by atoms with Crippen LogP contribution < -0.4 is 5.43 Å². The van der Waals surface area contributed by atoms with Gasteiger partial charge in [-0.2, -0.15) is 0 Å². The van der Waals surface area contributed by atoms with E-state index in [4.69, 9.17) is 4.42 Å².